The van der Waals surface area contributed by atoms with Crippen LogP contribution < -0.4 is 15.7 Å². The molecule has 1 unspecified atom stereocenters. The Morgan fingerprint density at radius 2 is 1.85 bits per heavy atom. The maximum Gasteiger partial charge on any atom is 0.330 e. The number of benzene rings is 2. The summed E-state index contributed by atoms with van der Waals surface area (Å²) >= 11 is 0. The molecule has 1 saturated heterocycles. The van der Waals surface area contributed by atoms with Gasteiger partial charge in [0.05, 0.1) is 32.4 Å². The number of anilines is 1. The number of amides is 1. The van der Waals surface area contributed by atoms with Crippen LogP contribution in [0.5, 0.6) is 5.75 Å². The summed E-state index contributed by atoms with van der Waals surface area (Å²) in [7, 11) is 5.10. The van der Waals surface area contributed by atoms with Gasteiger partial charge in [0.2, 0.25) is 11.9 Å². The molecule has 0 aliphatic carbocycles. The van der Waals surface area contributed by atoms with Crippen molar-refractivity contribution in [1.82, 2.24) is 28.9 Å². The lowest BCUT2D eigenvalue weighted by Crippen LogP contribution is -2.36. The predicted octanol–water partition coefficient (Wildman–Crippen LogP) is 2.74. The molecule has 204 valence electrons. The van der Waals surface area contributed by atoms with E-state index in [9.17, 15) is 14.0 Å². The highest BCUT2D eigenvalue weighted by Gasteiger charge is 2.30. The van der Waals surface area contributed by atoms with Crippen molar-refractivity contribution in [2.24, 2.45) is 0 Å². The normalized spacial score (nSPS) is 15.5. The minimum Gasteiger partial charge on any atom is -0.497 e. The van der Waals surface area contributed by atoms with Crippen molar-refractivity contribution in [3.8, 4) is 5.75 Å². The maximum absolute atomic E-state index is 13.8. The molecule has 3 heterocycles. The van der Waals surface area contributed by atoms with Crippen LogP contribution in [-0.4, -0.2) is 75.6 Å². The number of ether oxygens (including phenoxy) is 1. The molecule has 1 amide bonds. The second-order valence-electron chi connectivity index (χ2n) is 9.94. The van der Waals surface area contributed by atoms with E-state index in [4.69, 9.17) is 9.72 Å². The number of rotatable bonds is 9. The van der Waals surface area contributed by atoms with Gasteiger partial charge in [0.1, 0.15) is 17.1 Å². The largest absolute Gasteiger partial charge is 0.497 e. The van der Waals surface area contributed by atoms with Gasteiger partial charge in [-0.2, -0.15) is 4.98 Å². The predicted molar refractivity (Wildman–Crippen MR) is 146 cm³/mol. The van der Waals surface area contributed by atoms with E-state index >= 15 is 0 Å². The summed E-state index contributed by atoms with van der Waals surface area (Å²) < 4.78 is 22.0. The van der Waals surface area contributed by atoms with Crippen LogP contribution in [0.4, 0.5) is 10.3 Å². The molecular formula is C28H32FN7O3. The van der Waals surface area contributed by atoms with Crippen LogP contribution in [0.1, 0.15) is 23.6 Å². The lowest BCUT2D eigenvalue weighted by Gasteiger charge is -2.18. The minimum absolute atomic E-state index is 0.0325. The van der Waals surface area contributed by atoms with Gasteiger partial charge >= 0.3 is 5.69 Å². The molecule has 2 aromatic carbocycles. The van der Waals surface area contributed by atoms with Crippen molar-refractivity contribution < 1.29 is 13.9 Å². The molecule has 1 fully saturated rings. The minimum atomic E-state index is -0.295. The first-order valence-electron chi connectivity index (χ1n) is 12.8. The van der Waals surface area contributed by atoms with Gasteiger partial charge in [-0.15, -0.1) is 0 Å². The Bertz CT molecular complexity index is 1510. The number of hydrogen-bond donors (Lipinski definition) is 1. The number of carbonyl (C=O) groups is 1. The van der Waals surface area contributed by atoms with Crippen LogP contribution in [0.25, 0.3) is 11.2 Å². The molecule has 4 aromatic rings. The molecule has 39 heavy (non-hydrogen) atoms. The third kappa shape index (κ3) is 5.78. The number of fused-ring (bicyclic) bond motifs is 1. The van der Waals surface area contributed by atoms with E-state index in [0.29, 0.717) is 43.3 Å². The van der Waals surface area contributed by atoms with Crippen molar-refractivity contribution in [2.45, 2.75) is 25.6 Å². The van der Waals surface area contributed by atoms with E-state index in [-0.39, 0.29) is 23.5 Å². The van der Waals surface area contributed by atoms with E-state index in [0.717, 1.165) is 29.8 Å². The second-order valence-corrected chi connectivity index (χ2v) is 9.94. The number of methoxy groups -OCH3 is 1. The summed E-state index contributed by atoms with van der Waals surface area (Å²) in [5, 5.41) is 3.18. The van der Waals surface area contributed by atoms with Gasteiger partial charge < -0.3 is 15.0 Å². The quantitative estimate of drug-likeness (QED) is 0.353. The standard InChI is InChI=1S/C28H32FN7O3/c1-33(2)25(37)18-34-13-12-22(17-34)36-24-15-31-27(30-14-19-4-8-21(29)9-5-19)32-26(24)35(28(36)38)16-20-6-10-23(39-3)11-7-20/h4-11,15,22H,12-14,16-18H2,1-3H3,(H,30,31,32). The van der Waals surface area contributed by atoms with E-state index in [2.05, 4.69) is 15.2 Å². The number of likely N-dealkylation sites (tertiary alicyclic amines) is 1. The van der Waals surface area contributed by atoms with Crippen molar-refractivity contribution >= 4 is 23.0 Å². The van der Waals surface area contributed by atoms with Gasteiger partial charge in [-0.1, -0.05) is 24.3 Å². The summed E-state index contributed by atoms with van der Waals surface area (Å²) in [4.78, 5) is 39.0. The number of halogens is 1. The number of imidazole rings is 1. The number of nitrogens with one attached hydrogen (secondary N) is 1. The fourth-order valence-electron chi connectivity index (χ4n) is 4.84. The fraction of sp³-hybridized carbons (Fsp3) is 0.357. The summed E-state index contributed by atoms with van der Waals surface area (Å²) in [5.41, 5.74) is 2.81. The molecule has 1 aliphatic heterocycles. The molecule has 1 aliphatic rings. The fourth-order valence-corrected chi connectivity index (χ4v) is 4.84. The van der Waals surface area contributed by atoms with E-state index in [1.165, 1.54) is 12.1 Å². The molecule has 0 saturated carbocycles. The van der Waals surface area contributed by atoms with E-state index in [1.807, 2.05) is 24.3 Å². The monoisotopic (exact) mass is 533 g/mol. The highest BCUT2D eigenvalue weighted by atomic mass is 19.1. The number of aromatic nitrogens is 4. The Morgan fingerprint density at radius 3 is 2.54 bits per heavy atom. The summed E-state index contributed by atoms with van der Waals surface area (Å²) in [6.07, 6.45) is 2.42. The van der Waals surface area contributed by atoms with Gasteiger partial charge in [-0.05, 0) is 41.8 Å². The Hall–Kier alpha value is -4.25. The van der Waals surface area contributed by atoms with E-state index < -0.39 is 0 Å². The number of carbonyl (C=O) groups excluding carboxylic acids is 1. The van der Waals surface area contributed by atoms with Crippen LogP contribution in [0.3, 0.4) is 0 Å². The van der Waals surface area contributed by atoms with Crippen LogP contribution in [0.15, 0.2) is 59.5 Å². The second kappa shape index (κ2) is 11.2. The summed E-state index contributed by atoms with van der Waals surface area (Å²) in [6, 6.07) is 13.7. The Balaban J connectivity index is 1.47. The zero-order chi connectivity index (χ0) is 27.5. The first kappa shape index (κ1) is 26.4. The number of likely N-dealkylation sites (N-methyl/N-ethyl adjacent to an activating group) is 1. The highest BCUT2D eigenvalue weighted by Crippen LogP contribution is 2.25. The Morgan fingerprint density at radius 1 is 1.13 bits per heavy atom. The average Bonchev–Trinajstić information content (AvgIpc) is 3.50. The molecule has 11 heteroatoms. The third-order valence-electron chi connectivity index (χ3n) is 7.04. The Kier molecular flexibility index (Phi) is 7.60. The van der Waals surface area contributed by atoms with Crippen LogP contribution in [-0.2, 0) is 17.9 Å². The van der Waals surface area contributed by atoms with Crippen molar-refractivity contribution in [1.29, 1.82) is 0 Å². The van der Waals surface area contributed by atoms with Gasteiger partial charge in [0.25, 0.3) is 0 Å². The molecule has 0 radical (unpaired) electrons. The summed E-state index contributed by atoms with van der Waals surface area (Å²) in [5.74, 6) is 0.848. The third-order valence-corrected chi connectivity index (χ3v) is 7.04. The van der Waals surface area contributed by atoms with Crippen LogP contribution in [0.2, 0.25) is 0 Å². The number of hydrogen-bond acceptors (Lipinski definition) is 7. The molecule has 0 bridgehead atoms. The SMILES string of the molecule is COc1ccc(Cn2c(=O)n(C3CCN(CC(=O)N(C)C)C3)c3cnc(NCc4ccc(F)cc4)nc32)cc1. The van der Waals surface area contributed by atoms with Crippen LogP contribution >= 0.6 is 0 Å². The van der Waals surface area contributed by atoms with Crippen molar-refractivity contribution in [3.63, 3.8) is 0 Å². The molecular weight excluding hydrogens is 501 g/mol. The van der Waals surface area contributed by atoms with Gasteiger partial charge in [0.15, 0.2) is 5.65 Å². The summed E-state index contributed by atoms with van der Waals surface area (Å²) in [6.45, 7) is 2.37. The first-order valence-corrected chi connectivity index (χ1v) is 12.8. The first-order chi connectivity index (χ1) is 18.8. The molecule has 1 N–H and O–H groups in total. The molecule has 10 nitrogen and oxygen atoms in total. The zero-order valence-corrected chi connectivity index (χ0v) is 22.3. The highest BCUT2D eigenvalue weighted by molar-refractivity contribution is 5.77. The Labute approximate surface area is 225 Å². The smallest absolute Gasteiger partial charge is 0.330 e. The van der Waals surface area contributed by atoms with Crippen LogP contribution in [0, 0.1) is 5.82 Å². The molecule has 1 atom stereocenters. The maximum atomic E-state index is 13.8. The van der Waals surface area contributed by atoms with Crippen molar-refractivity contribution in [2.75, 3.05) is 46.2 Å². The lowest BCUT2D eigenvalue weighted by molar-refractivity contribution is -0.129. The van der Waals surface area contributed by atoms with Gasteiger partial charge in [0, 0.05) is 33.7 Å². The average molecular weight is 534 g/mol. The molecule has 0 spiro atoms. The van der Waals surface area contributed by atoms with E-state index in [1.54, 1.807) is 53.6 Å². The van der Waals surface area contributed by atoms with Gasteiger partial charge in [-0.25, -0.2) is 14.2 Å². The number of nitrogens with zero attached hydrogens (tertiary/aromatic N) is 6. The van der Waals surface area contributed by atoms with Gasteiger partial charge in [-0.3, -0.25) is 18.8 Å². The van der Waals surface area contributed by atoms with Crippen molar-refractivity contribution in [3.05, 3.63) is 82.2 Å². The molecule has 5 rings (SSSR count). The topological polar surface area (TPSA) is 97.5 Å². The lowest BCUT2D eigenvalue weighted by atomic mass is 10.2. The molecule has 2 aromatic heterocycles. The zero-order valence-electron chi connectivity index (χ0n) is 22.3.